The summed E-state index contributed by atoms with van der Waals surface area (Å²) in [5.41, 5.74) is 1.94. The van der Waals surface area contributed by atoms with E-state index in [0.717, 1.165) is 49.4 Å². The molecule has 2 amide bonds. The van der Waals surface area contributed by atoms with Gasteiger partial charge in [0.05, 0.1) is 5.69 Å². The predicted molar refractivity (Wildman–Crippen MR) is 117 cm³/mol. The number of carbonyl (C=O) groups excluding carboxylic acids is 2. The first-order valence-electron chi connectivity index (χ1n) is 11.1. The Bertz CT molecular complexity index is 949. The third-order valence-electron chi connectivity index (χ3n) is 6.26. The molecule has 4 rings (SSSR count). The first-order chi connectivity index (χ1) is 14.9. The number of aryl methyl sites for hydroxylation is 2. The molecule has 0 bridgehead atoms. The largest absolute Gasteiger partial charge is 0.343 e. The van der Waals surface area contributed by atoms with Crippen molar-refractivity contribution in [1.82, 2.24) is 30.0 Å². The highest BCUT2D eigenvalue weighted by molar-refractivity contribution is 5.80. The monoisotopic (exact) mass is 425 g/mol. The van der Waals surface area contributed by atoms with Gasteiger partial charge in [-0.05, 0) is 39.5 Å². The van der Waals surface area contributed by atoms with Gasteiger partial charge in [-0.15, -0.1) is 0 Å². The van der Waals surface area contributed by atoms with Crippen molar-refractivity contribution in [2.24, 2.45) is 5.92 Å². The molecule has 2 N–H and O–H groups in total. The van der Waals surface area contributed by atoms with E-state index in [1.54, 1.807) is 6.92 Å². The lowest BCUT2D eigenvalue weighted by Gasteiger charge is -2.37. The first-order valence-corrected chi connectivity index (χ1v) is 11.1. The van der Waals surface area contributed by atoms with Gasteiger partial charge in [-0.3, -0.25) is 14.7 Å². The van der Waals surface area contributed by atoms with Gasteiger partial charge in [0.25, 0.3) is 0 Å². The number of H-pyrrole nitrogens is 1. The molecule has 0 spiro atoms. The molecule has 0 aliphatic carbocycles. The van der Waals surface area contributed by atoms with E-state index in [9.17, 15) is 9.59 Å². The van der Waals surface area contributed by atoms with Crippen LogP contribution >= 0.6 is 0 Å². The molecule has 31 heavy (non-hydrogen) atoms. The van der Waals surface area contributed by atoms with Crippen LogP contribution < -0.4 is 5.32 Å². The number of hydrogen-bond donors (Lipinski definition) is 2. The summed E-state index contributed by atoms with van der Waals surface area (Å²) in [7, 11) is 0. The van der Waals surface area contributed by atoms with E-state index in [2.05, 4.69) is 25.5 Å². The van der Waals surface area contributed by atoms with Crippen molar-refractivity contribution in [1.29, 1.82) is 0 Å². The van der Waals surface area contributed by atoms with E-state index in [0.29, 0.717) is 31.3 Å². The Morgan fingerprint density at radius 3 is 2.48 bits per heavy atom. The van der Waals surface area contributed by atoms with Crippen molar-refractivity contribution in [2.45, 2.75) is 52.4 Å². The minimum Gasteiger partial charge on any atom is -0.343 e. The molecule has 2 fully saturated rings. The Balaban J connectivity index is 1.42. The lowest BCUT2D eigenvalue weighted by Crippen LogP contribution is -2.46. The quantitative estimate of drug-likeness (QED) is 0.780. The highest BCUT2D eigenvalue weighted by Crippen LogP contribution is 2.30. The van der Waals surface area contributed by atoms with Crippen molar-refractivity contribution in [3.05, 3.63) is 29.3 Å². The van der Waals surface area contributed by atoms with E-state index >= 15 is 0 Å². The van der Waals surface area contributed by atoms with Crippen LogP contribution in [0.15, 0.2) is 12.1 Å². The summed E-state index contributed by atoms with van der Waals surface area (Å²) in [5, 5.41) is 10.4. The zero-order chi connectivity index (χ0) is 22.0. The Labute approximate surface area is 182 Å². The summed E-state index contributed by atoms with van der Waals surface area (Å²) in [6.45, 7) is 8.27. The molecule has 0 unspecified atom stereocenters. The zero-order valence-corrected chi connectivity index (χ0v) is 18.5. The van der Waals surface area contributed by atoms with Crippen molar-refractivity contribution in [2.75, 3.05) is 31.5 Å². The fourth-order valence-corrected chi connectivity index (χ4v) is 4.60. The maximum absolute atomic E-state index is 13.1. The number of nitrogens with one attached hydrogen (secondary N) is 2. The Morgan fingerprint density at radius 2 is 1.81 bits per heavy atom. The Kier molecular flexibility index (Phi) is 6.20. The number of rotatable bonds is 4. The molecular formula is C22H31N7O2. The summed E-state index contributed by atoms with van der Waals surface area (Å²) in [6, 6.07) is 3.90. The summed E-state index contributed by atoms with van der Waals surface area (Å²) < 4.78 is 0. The molecule has 2 aromatic rings. The van der Waals surface area contributed by atoms with Crippen molar-refractivity contribution < 1.29 is 9.59 Å². The number of piperidine rings is 2. The summed E-state index contributed by atoms with van der Waals surface area (Å²) >= 11 is 0. The highest BCUT2D eigenvalue weighted by atomic mass is 16.2. The van der Waals surface area contributed by atoms with E-state index in [-0.39, 0.29) is 23.7 Å². The molecule has 4 heterocycles. The van der Waals surface area contributed by atoms with Gasteiger partial charge < -0.3 is 15.1 Å². The fourth-order valence-electron chi connectivity index (χ4n) is 4.60. The SMILES string of the molecule is CC(=O)N1CCC(C(=O)N2CCC[C@@H](c3cc(Nc4cc(C)[nH]n4)nc(C)n3)C2)CC1. The third-order valence-corrected chi connectivity index (χ3v) is 6.26. The molecule has 166 valence electrons. The van der Waals surface area contributed by atoms with Crippen molar-refractivity contribution in [3.63, 3.8) is 0 Å². The third kappa shape index (κ3) is 5.03. The van der Waals surface area contributed by atoms with Gasteiger partial charge in [-0.25, -0.2) is 9.97 Å². The average molecular weight is 426 g/mol. The molecule has 2 saturated heterocycles. The second kappa shape index (κ2) is 9.03. The average Bonchev–Trinajstić information content (AvgIpc) is 3.17. The number of hydrogen-bond acceptors (Lipinski definition) is 6. The second-order valence-corrected chi connectivity index (χ2v) is 8.69. The van der Waals surface area contributed by atoms with Gasteiger partial charge in [-0.2, -0.15) is 5.10 Å². The zero-order valence-electron chi connectivity index (χ0n) is 18.5. The minimum absolute atomic E-state index is 0.0154. The maximum atomic E-state index is 13.1. The van der Waals surface area contributed by atoms with Crippen LogP contribution in [0.4, 0.5) is 11.6 Å². The van der Waals surface area contributed by atoms with E-state index in [4.69, 9.17) is 0 Å². The van der Waals surface area contributed by atoms with Gasteiger partial charge in [0, 0.05) is 62.8 Å². The molecule has 2 aliphatic heterocycles. The lowest BCUT2D eigenvalue weighted by molar-refractivity contribution is -0.141. The summed E-state index contributed by atoms with van der Waals surface area (Å²) in [4.78, 5) is 37.7. The number of amides is 2. The van der Waals surface area contributed by atoms with Crippen molar-refractivity contribution >= 4 is 23.5 Å². The van der Waals surface area contributed by atoms with E-state index in [1.165, 1.54) is 0 Å². The highest BCUT2D eigenvalue weighted by Gasteiger charge is 2.32. The summed E-state index contributed by atoms with van der Waals surface area (Å²) in [5.74, 6) is 2.67. The molecular weight excluding hydrogens is 394 g/mol. The number of carbonyl (C=O) groups is 2. The molecule has 0 saturated carbocycles. The Hall–Kier alpha value is -2.97. The molecule has 0 aromatic carbocycles. The van der Waals surface area contributed by atoms with Gasteiger partial charge in [0.1, 0.15) is 11.6 Å². The van der Waals surface area contributed by atoms with Gasteiger partial charge in [-0.1, -0.05) is 0 Å². The fraction of sp³-hybridized carbons (Fsp3) is 0.591. The summed E-state index contributed by atoms with van der Waals surface area (Å²) in [6.07, 6.45) is 3.48. The second-order valence-electron chi connectivity index (χ2n) is 8.69. The van der Waals surface area contributed by atoms with E-state index < -0.39 is 0 Å². The van der Waals surface area contributed by atoms with Crippen LogP contribution in [0.25, 0.3) is 0 Å². The van der Waals surface area contributed by atoms with Gasteiger partial charge >= 0.3 is 0 Å². The lowest BCUT2D eigenvalue weighted by atomic mass is 9.90. The molecule has 9 heteroatoms. The Morgan fingerprint density at radius 1 is 1.03 bits per heavy atom. The van der Waals surface area contributed by atoms with Crippen molar-refractivity contribution in [3.8, 4) is 0 Å². The standard InChI is InChI=1S/C22H31N7O2/c1-14-11-21(27-26-14)25-20-12-19(23-15(2)24-20)18-5-4-8-29(13-18)22(31)17-6-9-28(10-7-17)16(3)30/h11-12,17-18H,4-10,13H2,1-3H3,(H2,23,24,25,26,27)/t18-/m1/s1. The molecule has 2 aromatic heterocycles. The van der Waals surface area contributed by atoms with Gasteiger partial charge in [0.15, 0.2) is 5.82 Å². The number of aromatic nitrogens is 4. The van der Waals surface area contributed by atoms with Crippen LogP contribution in [0.5, 0.6) is 0 Å². The predicted octanol–water partition coefficient (Wildman–Crippen LogP) is 2.52. The van der Waals surface area contributed by atoms with Crippen LogP contribution in [-0.2, 0) is 9.59 Å². The van der Waals surface area contributed by atoms with Crippen LogP contribution in [0.1, 0.15) is 55.7 Å². The van der Waals surface area contributed by atoms with Crippen LogP contribution in [0.3, 0.4) is 0 Å². The maximum Gasteiger partial charge on any atom is 0.225 e. The molecule has 1 atom stereocenters. The molecule has 9 nitrogen and oxygen atoms in total. The number of anilines is 2. The molecule has 2 aliphatic rings. The first kappa shape index (κ1) is 21.3. The number of likely N-dealkylation sites (tertiary alicyclic amines) is 2. The minimum atomic E-state index is 0.0154. The van der Waals surface area contributed by atoms with Crippen LogP contribution in [0.2, 0.25) is 0 Å². The topological polar surface area (TPSA) is 107 Å². The van der Waals surface area contributed by atoms with Crippen LogP contribution in [0, 0.1) is 19.8 Å². The number of nitrogens with zero attached hydrogens (tertiary/aromatic N) is 5. The van der Waals surface area contributed by atoms with Gasteiger partial charge in [0.2, 0.25) is 11.8 Å². The van der Waals surface area contributed by atoms with Crippen LogP contribution in [-0.4, -0.2) is 68.0 Å². The smallest absolute Gasteiger partial charge is 0.225 e. The van der Waals surface area contributed by atoms with E-state index in [1.807, 2.05) is 35.8 Å². The number of aromatic amines is 1. The normalized spacial score (nSPS) is 20.0. The molecule has 0 radical (unpaired) electrons.